The number of nitrogens with one attached hydrogen (secondary N) is 2. The number of ether oxygens (including phenoxy) is 2. The molecule has 4 aliphatic rings. The summed E-state index contributed by atoms with van der Waals surface area (Å²) in [6, 6.07) is 6.08. The van der Waals surface area contributed by atoms with Crippen molar-refractivity contribution in [2.75, 3.05) is 14.2 Å². The molecule has 1 aliphatic carbocycles. The number of hydrogen-bond acceptors (Lipinski definition) is 7. The second-order valence-electron chi connectivity index (χ2n) is 12.5. The van der Waals surface area contributed by atoms with E-state index in [9.17, 15) is 14.4 Å². The minimum atomic E-state index is -0.320. The van der Waals surface area contributed by atoms with Gasteiger partial charge in [-0.05, 0) is 69.0 Å². The van der Waals surface area contributed by atoms with Crippen molar-refractivity contribution in [3.05, 3.63) is 74.8 Å². The van der Waals surface area contributed by atoms with Crippen LogP contribution in [0.3, 0.4) is 0 Å². The van der Waals surface area contributed by atoms with Gasteiger partial charge in [-0.3, -0.25) is 19.4 Å². The quantitative estimate of drug-likeness (QED) is 0.332. The average molecular weight is 609 g/mol. The highest BCUT2D eigenvalue weighted by molar-refractivity contribution is 6.27. The standard InChI is InChI=1S/C36H40N4O5/c1-9-21-16(2)24-15-29-32(20(6)41)19(5)27(38-29)13-25-17(3)22(10-11-31(42)45-8)34(39-25)33-35-23(12-30(44-7)36(33)43)18(4)26(40-35)14-28(21)37-24/h12-17,21-22,37,40H,9-11H2,1-8H3/t16-,17+,21-,22+/m1/s1. The number of fused-ring (bicyclic) bond motifs is 8. The van der Waals surface area contributed by atoms with E-state index in [1.54, 1.807) is 13.0 Å². The number of esters is 1. The molecular weight excluding hydrogens is 568 g/mol. The molecule has 5 heterocycles. The van der Waals surface area contributed by atoms with Crippen LogP contribution in [0.2, 0.25) is 0 Å². The Labute approximate surface area is 262 Å². The predicted octanol–water partition coefficient (Wildman–Crippen LogP) is 7.19. The van der Waals surface area contributed by atoms with Crippen LogP contribution in [0.5, 0.6) is 0 Å². The lowest BCUT2D eigenvalue weighted by Crippen LogP contribution is -2.15. The molecule has 0 amide bonds. The number of aromatic amines is 2. The monoisotopic (exact) mass is 608 g/mol. The smallest absolute Gasteiger partial charge is 0.305 e. The third kappa shape index (κ3) is 4.89. The Hall–Kier alpha value is -4.53. The summed E-state index contributed by atoms with van der Waals surface area (Å²) in [7, 11) is 2.88. The van der Waals surface area contributed by atoms with Crippen molar-refractivity contribution in [3.8, 4) is 0 Å². The van der Waals surface area contributed by atoms with Gasteiger partial charge in [-0.1, -0.05) is 20.8 Å². The van der Waals surface area contributed by atoms with Crippen LogP contribution in [0, 0.1) is 6.92 Å². The van der Waals surface area contributed by atoms with Gasteiger partial charge in [-0.25, -0.2) is 4.98 Å². The fourth-order valence-corrected chi connectivity index (χ4v) is 7.38. The van der Waals surface area contributed by atoms with Crippen molar-refractivity contribution >= 4 is 45.8 Å². The summed E-state index contributed by atoms with van der Waals surface area (Å²) in [5.41, 5.74) is 10.0. The van der Waals surface area contributed by atoms with Gasteiger partial charge in [0.05, 0.1) is 42.4 Å². The molecule has 8 bridgehead atoms. The van der Waals surface area contributed by atoms with Crippen molar-refractivity contribution in [1.29, 1.82) is 0 Å². The Morgan fingerprint density at radius 3 is 2.38 bits per heavy atom. The van der Waals surface area contributed by atoms with Gasteiger partial charge >= 0.3 is 5.97 Å². The minimum absolute atomic E-state index is 0.0496. The number of carbonyl (C=O) groups is 3. The van der Waals surface area contributed by atoms with Crippen LogP contribution in [-0.4, -0.2) is 51.7 Å². The van der Waals surface area contributed by atoms with Crippen molar-refractivity contribution in [2.45, 2.75) is 84.5 Å². The number of allylic oxidation sites excluding steroid dienone is 3. The third-order valence-corrected chi connectivity index (χ3v) is 10.1. The van der Waals surface area contributed by atoms with Gasteiger partial charge in [0.1, 0.15) is 0 Å². The van der Waals surface area contributed by atoms with E-state index < -0.39 is 0 Å². The summed E-state index contributed by atoms with van der Waals surface area (Å²) < 4.78 is 10.6. The van der Waals surface area contributed by atoms with Gasteiger partial charge in [0.2, 0.25) is 5.78 Å². The first kappa shape index (κ1) is 30.5. The maximum atomic E-state index is 14.1. The summed E-state index contributed by atoms with van der Waals surface area (Å²) in [6.45, 7) is 12.0. The molecular formula is C36H40N4O5. The number of H-pyrrole nitrogens is 2. The predicted molar refractivity (Wildman–Crippen MR) is 173 cm³/mol. The number of aromatic nitrogens is 4. The van der Waals surface area contributed by atoms with Crippen molar-refractivity contribution in [3.63, 3.8) is 0 Å². The topological polar surface area (TPSA) is 127 Å². The molecule has 2 aromatic heterocycles. The number of Topliss-reactive ketones (excluding diaryl/α,β-unsaturated/α-hetero) is 2. The SMILES string of the molecule is CC[C@H]1c2cc3[nH]c4c(c3C)C=C(OC)C(=O)c4c3nc(cc4nc(cc([nH]2)[C@@H]1C)C(C(C)=O)=C4C)[C@@H](C)[C@@H]3CCC(=O)OC. The fraction of sp³-hybridized carbons (Fsp3) is 0.417. The Morgan fingerprint density at radius 1 is 0.956 bits per heavy atom. The van der Waals surface area contributed by atoms with Gasteiger partial charge in [0.15, 0.2) is 11.5 Å². The molecule has 0 spiro atoms. The Balaban J connectivity index is 1.77. The number of hydrogen-bond donors (Lipinski definition) is 2. The lowest BCUT2D eigenvalue weighted by atomic mass is 9.83. The summed E-state index contributed by atoms with van der Waals surface area (Å²) >= 11 is 0. The first-order valence-corrected chi connectivity index (χ1v) is 15.6. The highest BCUT2D eigenvalue weighted by atomic mass is 16.5. The van der Waals surface area contributed by atoms with Crippen molar-refractivity contribution < 1.29 is 23.9 Å². The van der Waals surface area contributed by atoms with E-state index in [2.05, 4.69) is 36.8 Å². The second kappa shape index (κ2) is 11.4. The highest BCUT2D eigenvalue weighted by Gasteiger charge is 2.37. The van der Waals surface area contributed by atoms with Gasteiger partial charge in [0, 0.05) is 63.8 Å². The van der Waals surface area contributed by atoms with E-state index >= 15 is 0 Å². The van der Waals surface area contributed by atoms with Gasteiger partial charge < -0.3 is 19.4 Å². The van der Waals surface area contributed by atoms with E-state index in [1.807, 2.05) is 26.0 Å². The number of methoxy groups -OCH3 is 2. The molecule has 234 valence electrons. The second-order valence-corrected chi connectivity index (χ2v) is 12.5. The normalized spacial score (nSPS) is 21.4. The summed E-state index contributed by atoms with van der Waals surface area (Å²) in [6.07, 6.45) is 3.35. The zero-order chi connectivity index (χ0) is 32.3. The van der Waals surface area contributed by atoms with E-state index in [0.29, 0.717) is 40.2 Å². The van der Waals surface area contributed by atoms with Gasteiger partial charge in [0.25, 0.3) is 0 Å². The zero-order valence-corrected chi connectivity index (χ0v) is 27.2. The lowest BCUT2D eigenvalue weighted by molar-refractivity contribution is -0.140. The van der Waals surface area contributed by atoms with Crippen LogP contribution in [0.15, 0.2) is 24.0 Å². The Bertz CT molecular complexity index is 1910. The molecule has 9 nitrogen and oxygen atoms in total. The van der Waals surface area contributed by atoms with Crippen LogP contribution in [0.1, 0.15) is 133 Å². The lowest BCUT2D eigenvalue weighted by Gasteiger charge is -2.19. The van der Waals surface area contributed by atoms with Crippen LogP contribution in [0.4, 0.5) is 0 Å². The molecule has 0 fully saturated rings. The molecule has 0 saturated heterocycles. The number of rotatable bonds is 6. The van der Waals surface area contributed by atoms with E-state index in [-0.39, 0.29) is 53.4 Å². The summed E-state index contributed by atoms with van der Waals surface area (Å²) in [5, 5.41) is 0. The van der Waals surface area contributed by atoms with E-state index in [4.69, 9.17) is 19.4 Å². The number of aryl methyl sites for hydroxylation is 1. The fourth-order valence-electron chi connectivity index (χ4n) is 7.38. The third-order valence-electron chi connectivity index (χ3n) is 10.1. The Morgan fingerprint density at radius 2 is 1.71 bits per heavy atom. The van der Waals surface area contributed by atoms with Crippen LogP contribution in [-0.2, 0) is 19.1 Å². The molecule has 0 unspecified atom stereocenters. The van der Waals surface area contributed by atoms with Crippen molar-refractivity contribution in [1.82, 2.24) is 19.9 Å². The number of carbonyl (C=O) groups excluding carboxylic acids is 3. The minimum Gasteiger partial charge on any atom is -0.493 e. The first-order chi connectivity index (χ1) is 21.5. The van der Waals surface area contributed by atoms with Crippen LogP contribution >= 0.6 is 0 Å². The molecule has 9 heteroatoms. The Kier molecular flexibility index (Phi) is 7.75. The van der Waals surface area contributed by atoms with Crippen LogP contribution in [0.25, 0.3) is 28.3 Å². The molecule has 3 aliphatic heterocycles. The average Bonchev–Trinajstić information content (AvgIpc) is 3.68. The molecule has 2 N–H and O–H groups in total. The number of ketones is 2. The molecule has 2 aromatic rings. The molecule has 4 atom stereocenters. The van der Waals surface area contributed by atoms with Gasteiger partial charge in [-0.15, -0.1) is 0 Å². The van der Waals surface area contributed by atoms with Crippen LogP contribution < -0.4 is 0 Å². The summed E-state index contributed by atoms with van der Waals surface area (Å²) in [4.78, 5) is 56.7. The van der Waals surface area contributed by atoms with E-state index in [1.165, 1.54) is 14.2 Å². The van der Waals surface area contributed by atoms with E-state index in [0.717, 1.165) is 45.7 Å². The zero-order valence-electron chi connectivity index (χ0n) is 27.2. The maximum absolute atomic E-state index is 14.1. The maximum Gasteiger partial charge on any atom is 0.305 e. The molecule has 0 saturated carbocycles. The molecule has 6 rings (SSSR count). The molecule has 0 aromatic carbocycles. The molecule has 45 heavy (non-hydrogen) atoms. The molecule has 0 radical (unpaired) electrons. The summed E-state index contributed by atoms with van der Waals surface area (Å²) in [5.74, 6) is -0.358. The van der Waals surface area contributed by atoms with Crippen molar-refractivity contribution in [2.24, 2.45) is 0 Å². The first-order valence-electron chi connectivity index (χ1n) is 15.6. The number of nitrogens with zero attached hydrogens (tertiary/aromatic N) is 2. The highest BCUT2D eigenvalue weighted by Crippen LogP contribution is 2.45. The van der Waals surface area contributed by atoms with Gasteiger partial charge in [-0.2, -0.15) is 0 Å². The largest absolute Gasteiger partial charge is 0.493 e.